The number of hydrogen-bond donors (Lipinski definition) is 2. The third-order valence-electron chi connectivity index (χ3n) is 3.70. The average Bonchev–Trinajstić information content (AvgIpc) is 2.27. The van der Waals surface area contributed by atoms with Crippen LogP contribution >= 0.6 is 11.6 Å². The maximum atomic E-state index is 11.7. The molecule has 0 radical (unpaired) electrons. The normalized spacial score (nSPS) is 21.0. The molecular formula is C17H25ClN2O2. The van der Waals surface area contributed by atoms with Crippen molar-refractivity contribution in [2.45, 2.75) is 65.1 Å². The van der Waals surface area contributed by atoms with Gasteiger partial charge in [0.15, 0.2) is 0 Å². The lowest BCUT2D eigenvalue weighted by Crippen LogP contribution is -2.50. The molecule has 0 saturated heterocycles. The Labute approximate surface area is 137 Å². The van der Waals surface area contributed by atoms with Gasteiger partial charge >= 0.3 is 6.09 Å². The second-order valence-corrected chi connectivity index (χ2v) is 7.51. The number of halogens is 1. The molecule has 0 heterocycles. The number of nitrogens with one attached hydrogen (secondary N) is 2. The van der Waals surface area contributed by atoms with E-state index in [1.165, 1.54) is 0 Å². The molecule has 1 fully saturated rings. The highest BCUT2D eigenvalue weighted by Crippen LogP contribution is 2.30. The Morgan fingerprint density at radius 2 is 1.73 bits per heavy atom. The molecule has 0 unspecified atom stereocenters. The van der Waals surface area contributed by atoms with Gasteiger partial charge in [-0.05, 0) is 70.7 Å². The lowest BCUT2D eigenvalue weighted by Gasteiger charge is -2.37. The van der Waals surface area contributed by atoms with Gasteiger partial charge < -0.3 is 15.4 Å². The van der Waals surface area contributed by atoms with E-state index in [0.29, 0.717) is 6.04 Å². The highest BCUT2D eigenvalue weighted by atomic mass is 35.5. The summed E-state index contributed by atoms with van der Waals surface area (Å²) in [7, 11) is 0. The maximum absolute atomic E-state index is 11.7. The van der Waals surface area contributed by atoms with E-state index in [1.54, 1.807) is 0 Å². The highest BCUT2D eigenvalue weighted by Gasteiger charge is 2.32. The molecular weight excluding hydrogens is 300 g/mol. The minimum atomic E-state index is -0.455. The number of carbonyl (C=O) groups is 1. The topological polar surface area (TPSA) is 50.4 Å². The van der Waals surface area contributed by atoms with Gasteiger partial charge in [0, 0.05) is 22.8 Å². The molecule has 0 aliphatic heterocycles. The Kier molecular flexibility index (Phi) is 4.90. The van der Waals surface area contributed by atoms with Crippen molar-refractivity contribution in [3.05, 3.63) is 28.3 Å². The molecule has 1 amide bonds. The van der Waals surface area contributed by atoms with Crippen molar-refractivity contribution in [1.82, 2.24) is 5.32 Å². The first-order valence-electron chi connectivity index (χ1n) is 7.67. The van der Waals surface area contributed by atoms with E-state index in [-0.39, 0.29) is 12.1 Å². The van der Waals surface area contributed by atoms with E-state index in [4.69, 9.17) is 16.3 Å². The number of ether oxygens (including phenoxy) is 1. The number of alkyl carbamates (subject to hydrolysis) is 1. The van der Waals surface area contributed by atoms with Crippen molar-refractivity contribution in [2.24, 2.45) is 0 Å². The zero-order chi connectivity index (χ0) is 16.5. The SMILES string of the molecule is Cc1cc(Cl)cc(C)c1NC1CC(NC(=O)OC(C)(C)C)C1. The molecule has 1 aromatic carbocycles. The molecule has 0 bridgehead atoms. The molecule has 5 heteroatoms. The van der Waals surface area contributed by atoms with Crippen molar-refractivity contribution < 1.29 is 9.53 Å². The predicted octanol–water partition coefficient (Wildman–Crippen LogP) is 4.42. The lowest BCUT2D eigenvalue weighted by atomic mass is 9.86. The Morgan fingerprint density at radius 1 is 1.18 bits per heavy atom. The summed E-state index contributed by atoms with van der Waals surface area (Å²) in [5.41, 5.74) is 2.98. The van der Waals surface area contributed by atoms with Gasteiger partial charge in [-0.1, -0.05) is 11.6 Å². The number of amides is 1. The molecule has 0 spiro atoms. The Morgan fingerprint density at radius 3 is 2.23 bits per heavy atom. The first-order valence-corrected chi connectivity index (χ1v) is 8.04. The summed E-state index contributed by atoms with van der Waals surface area (Å²) in [5, 5.41) is 7.21. The van der Waals surface area contributed by atoms with Crippen LogP contribution in [0.3, 0.4) is 0 Å². The van der Waals surface area contributed by atoms with E-state index in [2.05, 4.69) is 24.5 Å². The van der Waals surface area contributed by atoms with Gasteiger partial charge in [-0.2, -0.15) is 0 Å². The average molecular weight is 325 g/mol. The number of benzene rings is 1. The molecule has 1 aliphatic carbocycles. The van der Waals surface area contributed by atoms with Gasteiger partial charge in [0.2, 0.25) is 0 Å². The summed E-state index contributed by atoms with van der Waals surface area (Å²) in [6.45, 7) is 9.70. The minimum absolute atomic E-state index is 0.181. The third-order valence-corrected chi connectivity index (χ3v) is 3.92. The van der Waals surface area contributed by atoms with Crippen LogP contribution in [-0.2, 0) is 4.74 Å². The summed E-state index contributed by atoms with van der Waals surface area (Å²) in [6, 6.07) is 4.48. The van der Waals surface area contributed by atoms with Crippen LogP contribution in [-0.4, -0.2) is 23.8 Å². The molecule has 0 atom stereocenters. The van der Waals surface area contributed by atoms with Crippen molar-refractivity contribution in [1.29, 1.82) is 0 Å². The van der Waals surface area contributed by atoms with Crippen molar-refractivity contribution in [2.75, 3.05) is 5.32 Å². The number of rotatable bonds is 3. The van der Waals surface area contributed by atoms with E-state index in [0.717, 1.165) is 34.7 Å². The fourth-order valence-corrected chi connectivity index (χ4v) is 3.00. The molecule has 0 aromatic heterocycles. The standard InChI is InChI=1S/C17H25ClN2O2/c1-10-6-12(18)7-11(2)15(10)19-13-8-14(9-13)20-16(21)22-17(3,4)5/h6-7,13-14,19H,8-9H2,1-5H3,(H,20,21). The van der Waals surface area contributed by atoms with Crippen LogP contribution in [0.1, 0.15) is 44.7 Å². The van der Waals surface area contributed by atoms with Crippen molar-refractivity contribution in [3.63, 3.8) is 0 Å². The maximum Gasteiger partial charge on any atom is 0.407 e. The first kappa shape index (κ1) is 16.9. The second kappa shape index (κ2) is 6.37. The summed E-state index contributed by atoms with van der Waals surface area (Å²) in [6.07, 6.45) is 1.47. The molecule has 22 heavy (non-hydrogen) atoms. The molecule has 1 saturated carbocycles. The quantitative estimate of drug-likeness (QED) is 0.865. The van der Waals surface area contributed by atoms with E-state index >= 15 is 0 Å². The molecule has 2 N–H and O–H groups in total. The molecule has 1 aliphatic rings. The fourth-order valence-electron chi connectivity index (χ4n) is 2.67. The summed E-state index contributed by atoms with van der Waals surface area (Å²) >= 11 is 6.05. The van der Waals surface area contributed by atoms with Crippen LogP contribution in [0.2, 0.25) is 5.02 Å². The Hall–Kier alpha value is -1.42. The van der Waals surface area contributed by atoms with E-state index in [1.807, 2.05) is 32.9 Å². The van der Waals surface area contributed by atoms with Crippen LogP contribution in [0.15, 0.2) is 12.1 Å². The van der Waals surface area contributed by atoms with Gasteiger partial charge in [-0.15, -0.1) is 0 Å². The predicted molar refractivity (Wildman–Crippen MR) is 90.7 cm³/mol. The zero-order valence-electron chi connectivity index (χ0n) is 13.9. The monoisotopic (exact) mass is 324 g/mol. The smallest absolute Gasteiger partial charge is 0.407 e. The molecule has 2 rings (SSSR count). The fraction of sp³-hybridized carbons (Fsp3) is 0.588. The Balaban J connectivity index is 1.82. The van der Waals surface area contributed by atoms with Gasteiger partial charge in [-0.3, -0.25) is 0 Å². The van der Waals surface area contributed by atoms with Crippen LogP contribution in [0, 0.1) is 13.8 Å². The van der Waals surface area contributed by atoms with Crippen LogP contribution in [0.4, 0.5) is 10.5 Å². The van der Waals surface area contributed by atoms with Gasteiger partial charge in [0.05, 0.1) is 0 Å². The van der Waals surface area contributed by atoms with Gasteiger partial charge in [-0.25, -0.2) is 4.79 Å². The number of carbonyl (C=O) groups excluding carboxylic acids is 1. The minimum Gasteiger partial charge on any atom is -0.444 e. The van der Waals surface area contributed by atoms with Gasteiger partial charge in [0.25, 0.3) is 0 Å². The third kappa shape index (κ3) is 4.54. The van der Waals surface area contributed by atoms with Crippen molar-refractivity contribution in [3.8, 4) is 0 Å². The molecule has 122 valence electrons. The van der Waals surface area contributed by atoms with E-state index in [9.17, 15) is 4.79 Å². The first-order chi connectivity index (χ1) is 10.1. The number of anilines is 1. The van der Waals surface area contributed by atoms with Crippen LogP contribution in [0.25, 0.3) is 0 Å². The summed E-state index contributed by atoms with van der Waals surface area (Å²) < 4.78 is 5.26. The van der Waals surface area contributed by atoms with Gasteiger partial charge in [0.1, 0.15) is 5.60 Å². The highest BCUT2D eigenvalue weighted by molar-refractivity contribution is 6.30. The molecule has 4 nitrogen and oxygen atoms in total. The summed E-state index contributed by atoms with van der Waals surface area (Å²) in [4.78, 5) is 11.7. The zero-order valence-corrected chi connectivity index (χ0v) is 14.7. The second-order valence-electron chi connectivity index (χ2n) is 7.07. The lowest BCUT2D eigenvalue weighted by molar-refractivity contribution is 0.0475. The van der Waals surface area contributed by atoms with Crippen molar-refractivity contribution >= 4 is 23.4 Å². The largest absolute Gasteiger partial charge is 0.444 e. The number of aryl methyl sites for hydroxylation is 2. The molecule has 1 aromatic rings. The van der Waals surface area contributed by atoms with Crippen LogP contribution in [0.5, 0.6) is 0 Å². The van der Waals surface area contributed by atoms with Crippen LogP contribution < -0.4 is 10.6 Å². The summed E-state index contributed by atoms with van der Waals surface area (Å²) in [5.74, 6) is 0. The van der Waals surface area contributed by atoms with E-state index < -0.39 is 5.60 Å². The Bertz CT molecular complexity index is 537. The number of hydrogen-bond acceptors (Lipinski definition) is 3.